The summed E-state index contributed by atoms with van der Waals surface area (Å²) in [6.07, 6.45) is 0.283. The maximum Gasteiger partial charge on any atom is 0.262 e. The number of hydrogen-bond donors (Lipinski definition) is 2. The van der Waals surface area contributed by atoms with Crippen LogP contribution < -0.4 is 10.6 Å². The molecule has 8 nitrogen and oxygen atoms in total. The first kappa shape index (κ1) is 17.8. The number of likely N-dealkylation sites (N-methyl/N-ethyl adjacent to an activating group) is 1. The summed E-state index contributed by atoms with van der Waals surface area (Å²) in [6.45, 7) is 4.42. The number of carbonyl (C=O) groups excluding carboxylic acids is 4. The minimum absolute atomic E-state index is 0.0660. The lowest BCUT2D eigenvalue weighted by Gasteiger charge is -2.48. The molecule has 0 spiro atoms. The van der Waals surface area contributed by atoms with Crippen LogP contribution in [-0.2, 0) is 16.1 Å². The minimum atomic E-state index is -0.931. The van der Waals surface area contributed by atoms with Gasteiger partial charge in [0.1, 0.15) is 6.04 Å². The predicted molar refractivity (Wildman–Crippen MR) is 95.9 cm³/mol. The van der Waals surface area contributed by atoms with Gasteiger partial charge in [0.2, 0.25) is 11.8 Å². The largest absolute Gasteiger partial charge is 0.312 e. The monoisotopic (exact) mass is 370 g/mol. The molecule has 3 heterocycles. The fourth-order valence-corrected chi connectivity index (χ4v) is 4.17. The summed E-state index contributed by atoms with van der Waals surface area (Å²) < 4.78 is 0. The van der Waals surface area contributed by atoms with Crippen LogP contribution in [0.25, 0.3) is 0 Å². The first-order valence-corrected chi connectivity index (χ1v) is 9.08. The van der Waals surface area contributed by atoms with Gasteiger partial charge in [0.15, 0.2) is 0 Å². The van der Waals surface area contributed by atoms with E-state index in [-0.39, 0.29) is 24.3 Å². The number of nitrogens with one attached hydrogen (secondary N) is 2. The Morgan fingerprint density at radius 3 is 2.59 bits per heavy atom. The molecule has 1 unspecified atom stereocenters. The van der Waals surface area contributed by atoms with E-state index in [0.29, 0.717) is 17.7 Å². The molecule has 27 heavy (non-hydrogen) atoms. The normalized spacial score (nSPS) is 24.7. The molecular weight excluding hydrogens is 348 g/mol. The quantitative estimate of drug-likeness (QED) is 0.717. The highest BCUT2D eigenvalue weighted by Gasteiger charge is 2.46. The van der Waals surface area contributed by atoms with E-state index in [4.69, 9.17) is 0 Å². The van der Waals surface area contributed by atoms with E-state index in [1.807, 2.05) is 13.1 Å². The van der Waals surface area contributed by atoms with E-state index in [1.54, 1.807) is 12.1 Å². The van der Waals surface area contributed by atoms with Crippen molar-refractivity contribution in [3.63, 3.8) is 0 Å². The van der Waals surface area contributed by atoms with Crippen molar-refractivity contribution in [2.24, 2.45) is 0 Å². The van der Waals surface area contributed by atoms with Gasteiger partial charge < -0.3 is 5.32 Å². The fourth-order valence-electron chi connectivity index (χ4n) is 4.17. The van der Waals surface area contributed by atoms with Crippen LogP contribution in [0.1, 0.15) is 46.0 Å². The van der Waals surface area contributed by atoms with E-state index in [9.17, 15) is 19.2 Å². The van der Waals surface area contributed by atoms with Crippen LogP contribution in [0.4, 0.5) is 0 Å². The van der Waals surface area contributed by atoms with Gasteiger partial charge in [-0.1, -0.05) is 12.1 Å². The summed E-state index contributed by atoms with van der Waals surface area (Å²) in [4.78, 5) is 52.6. The molecular formula is C19H22N4O4. The number of carbonyl (C=O) groups is 4. The van der Waals surface area contributed by atoms with Crippen molar-refractivity contribution in [1.82, 2.24) is 20.4 Å². The molecule has 0 radical (unpaired) electrons. The van der Waals surface area contributed by atoms with E-state index in [0.717, 1.165) is 23.6 Å². The Balaban J connectivity index is 1.58. The number of benzene rings is 1. The van der Waals surface area contributed by atoms with Crippen LogP contribution in [0.3, 0.4) is 0 Å². The van der Waals surface area contributed by atoms with Gasteiger partial charge in [0, 0.05) is 31.6 Å². The van der Waals surface area contributed by atoms with Gasteiger partial charge in [-0.3, -0.25) is 34.3 Å². The molecule has 2 fully saturated rings. The molecule has 0 aromatic heterocycles. The topological polar surface area (TPSA) is 98.8 Å². The fraction of sp³-hybridized carbons (Fsp3) is 0.474. The van der Waals surface area contributed by atoms with Crippen LogP contribution >= 0.6 is 0 Å². The molecule has 1 aromatic rings. The number of amides is 4. The Morgan fingerprint density at radius 1 is 1.19 bits per heavy atom. The van der Waals surface area contributed by atoms with Crippen LogP contribution in [0.5, 0.6) is 0 Å². The molecule has 4 amide bonds. The second-order valence-electron chi connectivity index (χ2n) is 7.74. The Labute approximate surface area is 156 Å². The molecule has 2 saturated heterocycles. The van der Waals surface area contributed by atoms with Crippen LogP contribution in [-0.4, -0.2) is 65.1 Å². The van der Waals surface area contributed by atoms with Crippen molar-refractivity contribution < 1.29 is 19.2 Å². The molecule has 0 bridgehead atoms. The smallest absolute Gasteiger partial charge is 0.262 e. The molecule has 8 heteroatoms. The van der Waals surface area contributed by atoms with Crippen molar-refractivity contribution in [2.45, 2.75) is 37.9 Å². The number of piperidine rings is 1. The number of imide groups is 2. The summed E-state index contributed by atoms with van der Waals surface area (Å²) in [7, 11) is 1.93. The van der Waals surface area contributed by atoms with Gasteiger partial charge in [-0.2, -0.15) is 0 Å². The predicted octanol–water partition coefficient (Wildman–Crippen LogP) is -0.118. The van der Waals surface area contributed by atoms with Gasteiger partial charge in [0.25, 0.3) is 11.8 Å². The third-order valence-electron chi connectivity index (χ3n) is 5.70. The Bertz CT molecular complexity index is 859. The Hall–Kier alpha value is -2.58. The maximum absolute atomic E-state index is 13.0. The second kappa shape index (κ2) is 6.24. The molecule has 1 aromatic carbocycles. The third kappa shape index (κ3) is 2.85. The van der Waals surface area contributed by atoms with Gasteiger partial charge in [-0.05, 0) is 32.0 Å². The van der Waals surface area contributed by atoms with Gasteiger partial charge in [-0.25, -0.2) is 0 Å². The third-order valence-corrected chi connectivity index (χ3v) is 5.70. The van der Waals surface area contributed by atoms with Crippen LogP contribution in [0, 0.1) is 0 Å². The van der Waals surface area contributed by atoms with E-state index in [2.05, 4.69) is 22.5 Å². The van der Waals surface area contributed by atoms with Gasteiger partial charge in [0.05, 0.1) is 11.1 Å². The highest BCUT2D eigenvalue weighted by atomic mass is 16.2. The van der Waals surface area contributed by atoms with Crippen molar-refractivity contribution in [2.75, 3.05) is 20.1 Å². The van der Waals surface area contributed by atoms with Gasteiger partial charge in [-0.15, -0.1) is 0 Å². The molecule has 3 aliphatic heterocycles. The van der Waals surface area contributed by atoms with Crippen molar-refractivity contribution >= 4 is 23.6 Å². The molecule has 142 valence electrons. The molecule has 0 saturated carbocycles. The average molecular weight is 370 g/mol. The first-order chi connectivity index (χ1) is 12.8. The summed E-state index contributed by atoms with van der Waals surface area (Å²) in [5.74, 6) is -1.87. The van der Waals surface area contributed by atoms with E-state index in [1.165, 1.54) is 0 Å². The highest BCUT2D eigenvalue weighted by Crippen LogP contribution is 2.32. The Morgan fingerprint density at radius 2 is 1.93 bits per heavy atom. The molecule has 3 aliphatic rings. The summed E-state index contributed by atoms with van der Waals surface area (Å²) in [6, 6.07) is 4.32. The summed E-state index contributed by atoms with van der Waals surface area (Å²) >= 11 is 0. The van der Waals surface area contributed by atoms with Gasteiger partial charge >= 0.3 is 0 Å². The number of likely N-dealkylation sites (tertiary alicyclic amines) is 1. The summed E-state index contributed by atoms with van der Waals surface area (Å²) in [5.41, 5.74) is 1.57. The van der Waals surface area contributed by atoms with Crippen molar-refractivity contribution in [1.29, 1.82) is 0 Å². The van der Waals surface area contributed by atoms with E-state index < -0.39 is 23.8 Å². The SMILES string of the molecule is CNC1(C)CN(Cc2cccc3c2C(=O)N(C2CCC(=O)NC2=O)C3=O)C1. The lowest BCUT2D eigenvalue weighted by molar-refractivity contribution is -0.136. The summed E-state index contributed by atoms with van der Waals surface area (Å²) in [5, 5.41) is 5.49. The van der Waals surface area contributed by atoms with E-state index >= 15 is 0 Å². The Kier molecular flexibility index (Phi) is 4.12. The molecule has 4 rings (SSSR count). The first-order valence-electron chi connectivity index (χ1n) is 9.08. The number of fused-ring (bicyclic) bond motifs is 1. The molecule has 1 atom stereocenters. The highest BCUT2D eigenvalue weighted by molar-refractivity contribution is 6.24. The number of nitrogens with zero attached hydrogens (tertiary/aromatic N) is 2. The second-order valence-corrected chi connectivity index (χ2v) is 7.74. The zero-order chi connectivity index (χ0) is 19.3. The number of hydrogen-bond acceptors (Lipinski definition) is 6. The lowest BCUT2D eigenvalue weighted by Crippen LogP contribution is -2.66. The van der Waals surface area contributed by atoms with Crippen molar-refractivity contribution in [3.05, 3.63) is 34.9 Å². The molecule has 2 N–H and O–H groups in total. The average Bonchev–Trinajstić information content (AvgIpc) is 2.86. The van der Waals surface area contributed by atoms with Crippen molar-refractivity contribution in [3.8, 4) is 0 Å². The zero-order valence-electron chi connectivity index (χ0n) is 15.4. The molecule has 0 aliphatic carbocycles. The zero-order valence-corrected chi connectivity index (χ0v) is 15.4. The standard InChI is InChI=1S/C19H22N4O4/c1-19(20-2)9-22(10-19)8-11-4-3-5-12-15(11)18(27)23(17(12)26)13-6-7-14(24)21-16(13)25/h3-5,13,20H,6-10H2,1-2H3,(H,21,24,25). The lowest BCUT2D eigenvalue weighted by atomic mass is 9.91. The van der Waals surface area contributed by atoms with Crippen LogP contribution in [0.2, 0.25) is 0 Å². The maximum atomic E-state index is 13.0. The van der Waals surface area contributed by atoms with Crippen LogP contribution in [0.15, 0.2) is 18.2 Å². The minimum Gasteiger partial charge on any atom is -0.312 e. The number of rotatable bonds is 4.